The lowest BCUT2D eigenvalue weighted by Crippen LogP contribution is -2.45. The normalized spacial score (nSPS) is 13.1. The summed E-state index contributed by atoms with van der Waals surface area (Å²) in [6.45, 7) is -0.682. The molecule has 0 fully saturated rings. The van der Waals surface area contributed by atoms with Crippen LogP contribution in [0.25, 0.3) is 11.1 Å². The number of amides is 2. The number of carbonyl (C=O) groups is 3. The van der Waals surface area contributed by atoms with Gasteiger partial charge >= 0.3 is 12.1 Å². The fourth-order valence-corrected chi connectivity index (χ4v) is 3.52. The lowest BCUT2D eigenvalue weighted by Gasteiger charge is -2.22. The van der Waals surface area contributed by atoms with E-state index in [-0.39, 0.29) is 19.1 Å². The number of benzene rings is 2. The first-order chi connectivity index (χ1) is 14.9. The van der Waals surface area contributed by atoms with Gasteiger partial charge in [-0.1, -0.05) is 48.5 Å². The molecular weight excluding hydrogens is 404 g/mol. The zero-order valence-electron chi connectivity index (χ0n) is 17.2. The smallest absolute Gasteiger partial charge is 0.407 e. The molecule has 1 aliphatic rings. The Labute approximate surface area is 179 Å². The van der Waals surface area contributed by atoms with Crippen molar-refractivity contribution in [3.8, 4) is 11.1 Å². The largest absolute Gasteiger partial charge is 0.479 e. The van der Waals surface area contributed by atoms with E-state index in [4.69, 9.17) is 19.4 Å². The van der Waals surface area contributed by atoms with E-state index < -0.39 is 30.7 Å². The number of alkyl carbamates (subject to hydrolysis) is 1. The van der Waals surface area contributed by atoms with Crippen LogP contribution in [0.2, 0.25) is 0 Å². The van der Waals surface area contributed by atoms with Crippen molar-refractivity contribution in [1.82, 2.24) is 10.4 Å². The molecule has 1 atom stereocenters. The van der Waals surface area contributed by atoms with Gasteiger partial charge < -0.3 is 19.9 Å². The van der Waals surface area contributed by atoms with E-state index in [2.05, 4.69) is 5.32 Å². The zero-order chi connectivity index (χ0) is 22.4. The Morgan fingerprint density at radius 2 is 1.65 bits per heavy atom. The van der Waals surface area contributed by atoms with E-state index in [0.29, 0.717) is 0 Å². The maximum absolute atomic E-state index is 12.2. The molecule has 2 amide bonds. The SMILES string of the molecule is COC(CNC(=O)OCC1c2ccccc2-c2ccccc21)C(=O)N(C)OCC(=O)O. The third-order valence-electron chi connectivity index (χ3n) is 5.03. The Morgan fingerprint density at radius 1 is 1.06 bits per heavy atom. The third kappa shape index (κ3) is 5.19. The molecule has 1 aliphatic carbocycles. The number of nitrogens with zero attached hydrogens (tertiary/aromatic N) is 1. The van der Waals surface area contributed by atoms with Crippen LogP contribution in [0.1, 0.15) is 17.0 Å². The molecule has 9 heteroatoms. The fourth-order valence-electron chi connectivity index (χ4n) is 3.52. The molecule has 3 rings (SSSR count). The van der Waals surface area contributed by atoms with Gasteiger partial charge in [0.2, 0.25) is 0 Å². The summed E-state index contributed by atoms with van der Waals surface area (Å²) in [5.41, 5.74) is 4.44. The molecule has 0 spiro atoms. The van der Waals surface area contributed by atoms with Crippen LogP contribution < -0.4 is 5.32 Å². The first kappa shape index (κ1) is 22.3. The molecule has 0 heterocycles. The van der Waals surface area contributed by atoms with Crippen molar-refractivity contribution in [2.75, 3.05) is 33.9 Å². The molecule has 2 aromatic carbocycles. The van der Waals surface area contributed by atoms with Crippen LogP contribution in [0.3, 0.4) is 0 Å². The summed E-state index contributed by atoms with van der Waals surface area (Å²) < 4.78 is 10.5. The minimum atomic E-state index is -1.22. The van der Waals surface area contributed by atoms with Gasteiger partial charge in [0, 0.05) is 20.1 Å². The quantitative estimate of drug-likeness (QED) is 0.587. The molecule has 2 aromatic rings. The molecule has 31 heavy (non-hydrogen) atoms. The van der Waals surface area contributed by atoms with Crippen LogP contribution in [0.5, 0.6) is 0 Å². The maximum atomic E-state index is 12.2. The van der Waals surface area contributed by atoms with E-state index in [1.54, 1.807) is 0 Å². The number of hydrogen-bond acceptors (Lipinski definition) is 6. The highest BCUT2D eigenvalue weighted by molar-refractivity contribution is 5.81. The second-order valence-electron chi connectivity index (χ2n) is 6.93. The number of rotatable bonds is 9. The highest BCUT2D eigenvalue weighted by Gasteiger charge is 2.29. The van der Waals surface area contributed by atoms with Crippen LogP contribution in [-0.4, -0.2) is 68.2 Å². The van der Waals surface area contributed by atoms with Crippen molar-refractivity contribution in [2.45, 2.75) is 12.0 Å². The summed E-state index contributed by atoms with van der Waals surface area (Å²) in [6.07, 6.45) is -1.75. The van der Waals surface area contributed by atoms with Crippen molar-refractivity contribution in [2.24, 2.45) is 0 Å². The monoisotopic (exact) mass is 428 g/mol. The Hall–Kier alpha value is -3.43. The van der Waals surface area contributed by atoms with Gasteiger partial charge in [0.05, 0.1) is 6.54 Å². The fraction of sp³-hybridized carbons (Fsp3) is 0.318. The molecule has 9 nitrogen and oxygen atoms in total. The van der Waals surface area contributed by atoms with Gasteiger partial charge in [-0.3, -0.25) is 9.63 Å². The number of carboxylic acid groups (broad SMARTS) is 1. The number of hydrogen-bond donors (Lipinski definition) is 2. The highest BCUT2D eigenvalue weighted by atomic mass is 16.7. The molecule has 164 valence electrons. The molecule has 0 saturated heterocycles. The Balaban J connectivity index is 1.54. The van der Waals surface area contributed by atoms with Gasteiger partial charge in [-0.2, -0.15) is 0 Å². The standard InChI is InChI=1S/C22H24N2O7/c1-24(31-13-20(25)26)21(27)19(29-2)11-23-22(28)30-12-18-16-9-5-3-7-14(16)15-8-4-6-10-17(15)18/h3-10,18-19H,11-13H2,1-2H3,(H,23,28)(H,25,26). The lowest BCUT2D eigenvalue weighted by atomic mass is 9.98. The van der Waals surface area contributed by atoms with Crippen LogP contribution in [0, 0.1) is 0 Å². The predicted octanol–water partition coefficient (Wildman–Crippen LogP) is 2.01. The van der Waals surface area contributed by atoms with Crippen molar-refractivity contribution in [3.05, 3.63) is 59.7 Å². The number of aliphatic carboxylic acids is 1. The van der Waals surface area contributed by atoms with Gasteiger partial charge in [0.25, 0.3) is 5.91 Å². The number of hydroxylamine groups is 2. The van der Waals surface area contributed by atoms with E-state index in [0.717, 1.165) is 27.3 Å². The van der Waals surface area contributed by atoms with Gasteiger partial charge in [0.15, 0.2) is 12.7 Å². The number of likely N-dealkylation sites (N-methyl/N-ethyl adjacent to an activating group) is 1. The van der Waals surface area contributed by atoms with Gasteiger partial charge in [0.1, 0.15) is 6.61 Å². The van der Waals surface area contributed by atoms with Crippen molar-refractivity contribution in [3.63, 3.8) is 0 Å². The Morgan fingerprint density at radius 3 is 2.19 bits per heavy atom. The van der Waals surface area contributed by atoms with Crippen molar-refractivity contribution >= 4 is 18.0 Å². The molecule has 0 radical (unpaired) electrons. The minimum absolute atomic E-state index is 0.0754. The summed E-state index contributed by atoms with van der Waals surface area (Å²) in [7, 11) is 2.57. The number of carboxylic acids is 1. The van der Waals surface area contributed by atoms with Crippen LogP contribution >= 0.6 is 0 Å². The highest BCUT2D eigenvalue weighted by Crippen LogP contribution is 2.44. The molecule has 0 aromatic heterocycles. The summed E-state index contributed by atoms with van der Waals surface area (Å²) in [5.74, 6) is -1.93. The molecule has 0 bridgehead atoms. The first-order valence-electron chi connectivity index (χ1n) is 9.66. The molecule has 0 aliphatic heterocycles. The number of nitrogens with one attached hydrogen (secondary N) is 1. The second-order valence-corrected chi connectivity index (χ2v) is 6.93. The van der Waals surface area contributed by atoms with E-state index >= 15 is 0 Å². The summed E-state index contributed by atoms with van der Waals surface area (Å²) >= 11 is 0. The number of ether oxygens (including phenoxy) is 2. The van der Waals surface area contributed by atoms with Crippen molar-refractivity contribution < 1.29 is 33.8 Å². The van der Waals surface area contributed by atoms with Crippen LogP contribution in [0.15, 0.2) is 48.5 Å². The Kier molecular flexibility index (Phi) is 7.22. The van der Waals surface area contributed by atoms with Gasteiger partial charge in [-0.05, 0) is 22.3 Å². The zero-order valence-corrected chi connectivity index (χ0v) is 17.2. The van der Waals surface area contributed by atoms with E-state index in [1.165, 1.54) is 14.2 Å². The molecule has 1 unspecified atom stereocenters. The summed E-state index contributed by atoms with van der Waals surface area (Å²) in [6, 6.07) is 16.0. The number of fused-ring (bicyclic) bond motifs is 3. The van der Waals surface area contributed by atoms with Crippen molar-refractivity contribution in [1.29, 1.82) is 0 Å². The van der Waals surface area contributed by atoms with E-state index in [9.17, 15) is 14.4 Å². The molecule has 0 saturated carbocycles. The second kappa shape index (κ2) is 10.1. The lowest BCUT2D eigenvalue weighted by molar-refractivity contribution is -0.193. The minimum Gasteiger partial charge on any atom is -0.479 e. The summed E-state index contributed by atoms with van der Waals surface area (Å²) in [5, 5.41) is 11.9. The van der Waals surface area contributed by atoms with Gasteiger partial charge in [-0.25, -0.2) is 14.7 Å². The Bertz CT molecular complexity index is 917. The average molecular weight is 428 g/mol. The third-order valence-corrected chi connectivity index (χ3v) is 5.03. The average Bonchev–Trinajstić information content (AvgIpc) is 3.10. The number of carbonyl (C=O) groups excluding carboxylic acids is 2. The number of methoxy groups -OCH3 is 1. The first-order valence-corrected chi connectivity index (χ1v) is 9.66. The van der Waals surface area contributed by atoms with Crippen LogP contribution in [-0.2, 0) is 23.9 Å². The predicted molar refractivity (Wildman–Crippen MR) is 110 cm³/mol. The molecule has 2 N–H and O–H groups in total. The maximum Gasteiger partial charge on any atom is 0.407 e. The van der Waals surface area contributed by atoms with E-state index in [1.807, 2.05) is 48.5 Å². The molecular formula is C22H24N2O7. The van der Waals surface area contributed by atoms with Crippen LogP contribution in [0.4, 0.5) is 4.79 Å². The van der Waals surface area contributed by atoms with Gasteiger partial charge in [-0.15, -0.1) is 0 Å². The summed E-state index contributed by atoms with van der Waals surface area (Å²) in [4.78, 5) is 39.8. The topological polar surface area (TPSA) is 114 Å².